The van der Waals surface area contributed by atoms with Gasteiger partial charge in [0.2, 0.25) is 0 Å². The first-order valence-corrected chi connectivity index (χ1v) is 6.61. The van der Waals surface area contributed by atoms with Crippen LogP contribution in [0, 0.1) is 0 Å². The molecule has 1 aromatic carbocycles. The first-order valence-electron chi connectivity index (χ1n) is 4.68. The summed E-state index contributed by atoms with van der Waals surface area (Å²) in [6.07, 6.45) is 0. The van der Waals surface area contributed by atoms with E-state index < -0.39 is 5.91 Å². The van der Waals surface area contributed by atoms with Gasteiger partial charge in [-0.25, -0.2) is 0 Å². The highest BCUT2D eigenvalue weighted by molar-refractivity contribution is 9.10. The minimum Gasteiger partial charge on any atom is -0.444 e. The van der Waals surface area contributed by atoms with Gasteiger partial charge in [-0.05, 0) is 40.2 Å². The first-order chi connectivity index (χ1) is 8.47. The number of amides is 1. The van der Waals surface area contributed by atoms with Crippen LogP contribution in [-0.4, -0.2) is 5.91 Å². The molecule has 0 saturated heterocycles. The molecule has 0 aliphatic heterocycles. The largest absolute Gasteiger partial charge is 0.444 e. The van der Waals surface area contributed by atoms with Crippen LogP contribution in [-0.2, 0) is 0 Å². The van der Waals surface area contributed by atoms with E-state index in [1.807, 2.05) is 0 Å². The molecule has 2 rings (SSSR count). The van der Waals surface area contributed by atoms with E-state index in [0.29, 0.717) is 15.4 Å². The second kappa shape index (κ2) is 5.53. The lowest BCUT2D eigenvalue weighted by Crippen LogP contribution is -2.11. The van der Waals surface area contributed by atoms with Crippen molar-refractivity contribution in [2.45, 2.75) is 0 Å². The molecular formula is C11H5BrCl3NO2. The molecule has 3 nitrogen and oxygen atoms in total. The van der Waals surface area contributed by atoms with E-state index in [-0.39, 0.29) is 15.8 Å². The van der Waals surface area contributed by atoms with Crippen molar-refractivity contribution in [1.82, 2.24) is 0 Å². The van der Waals surface area contributed by atoms with E-state index in [1.54, 1.807) is 6.07 Å². The Kier molecular flexibility index (Phi) is 4.22. The van der Waals surface area contributed by atoms with Gasteiger partial charge in [0.25, 0.3) is 5.91 Å². The van der Waals surface area contributed by atoms with Crippen LogP contribution in [0.4, 0.5) is 5.69 Å². The fourth-order valence-electron chi connectivity index (χ4n) is 1.27. The third-order valence-electron chi connectivity index (χ3n) is 2.04. The number of hydrogen-bond acceptors (Lipinski definition) is 2. The Bertz CT molecular complexity index is 589. The van der Waals surface area contributed by atoms with Crippen molar-refractivity contribution in [3.05, 3.63) is 49.8 Å². The lowest BCUT2D eigenvalue weighted by Gasteiger charge is -2.08. The number of anilines is 1. The Morgan fingerprint density at radius 3 is 2.28 bits per heavy atom. The van der Waals surface area contributed by atoms with Gasteiger partial charge in [0.15, 0.2) is 10.4 Å². The minimum atomic E-state index is -0.452. The number of halogens is 4. The third-order valence-corrected chi connectivity index (χ3v) is 3.28. The van der Waals surface area contributed by atoms with Crippen molar-refractivity contribution in [3.8, 4) is 0 Å². The van der Waals surface area contributed by atoms with Gasteiger partial charge < -0.3 is 9.73 Å². The Morgan fingerprint density at radius 2 is 1.78 bits per heavy atom. The fourth-order valence-corrected chi connectivity index (χ4v) is 2.49. The monoisotopic (exact) mass is 367 g/mol. The van der Waals surface area contributed by atoms with E-state index in [4.69, 9.17) is 39.2 Å². The highest BCUT2D eigenvalue weighted by Gasteiger charge is 2.15. The van der Waals surface area contributed by atoms with Crippen molar-refractivity contribution in [3.63, 3.8) is 0 Å². The van der Waals surface area contributed by atoms with Gasteiger partial charge in [-0.3, -0.25) is 4.79 Å². The molecule has 94 valence electrons. The summed E-state index contributed by atoms with van der Waals surface area (Å²) < 4.78 is 5.57. The zero-order valence-corrected chi connectivity index (χ0v) is 12.5. The Hall–Kier alpha value is -0.680. The molecule has 0 saturated carbocycles. The molecule has 2 aromatic rings. The van der Waals surface area contributed by atoms with Gasteiger partial charge in [-0.2, -0.15) is 0 Å². The fraction of sp³-hybridized carbons (Fsp3) is 0. The van der Waals surface area contributed by atoms with Crippen LogP contribution in [0.5, 0.6) is 0 Å². The molecule has 0 unspecified atom stereocenters. The average molecular weight is 369 g/mol. The van der Waals surface area contributed by atoms with E-state index in [1.165, 1.54) is 18.2 Å². The number of carbonyl (C=O) groups excluding carboxylic acids is 1. The smallest absolute Gasteiger partial charge is 0.291 e. The minimum absolute atomic E-state index is 0.143. The highest BCUT2D eigenvalue weighted by Crippen LogP contribution is 2.34. The zero-order chi connectivity index (χ0) is 13.3. The Morgan fingerprint density at radius 1 is 1.17 bits per heavy atom. The summed E-state index contributed by atoms with van der Waals surface area (Å²) in [5, 5.41) is 3.46. The van der Waals surface area contributed by atoms with Gasteiger partial charge in [0.1, 0.15) is 0 Å². The second-order valence-corrected chi connectivity index (χ2v) is 5.33. The molecule has 1 amide bonds. The number of rotatable bonds is 2. The van der Waals surface area contributed by atoms with Crippen molar-refractivity contribution in [1.29, 1.82) is 0 Å². The summed E-state index contributed by atoms with van der Waals surface area (Å²) in [4.78, 5) is 11.8. The summed E-state index contributed by atoms with van der Waals surface area (Å²) in [7, 11) is 0. The van der Waals surface area contributed by atoms with Gasteiger partial charge in [0.05, 0.1) is 15.7 Å². The molecule has 18 heavy (non-hydrogen) atoms. The van der Waals surface area contributed by atoms with Crippen LogP contribution in [0.2, 0.25) is 15.1 Å². The predicted octanol–water partition coefficient (Wildman–Crippen LogP) is 5.25. The molecule has 0 spiro atoms. The highest BCUT2D eigenvalue weighted by atomic mass is 79.9. The van der Waals surface area contributed by atoms with E-state index in [2.05, 4.69) is 21.2 Å². The van der Waals surface area contributed by atoms with Crippen molar-refractivity contribution < 1.29 is 9.21 Å². The normalized spacial score (nSPS) is 10.4. The van der Waals surface area contributed by atoms with Crippen LogP contribution >= 0.6 is 50.7 Å². The predicted molar refractivity (Wildman–Crippen MR) is 75.8 cm³/mol. The Balaban J connectivity index is 2.27. The maximum atomic E-state index is 11.8. The van der Waals surface area contributed by atoms with Gasteiger partial charge in [-0.15, -0.1) is 0 Å². The van der Waals surface area contributed by atoms with E-state index >= 15 is 0 Å². The molecule has 0 atom stereocenters. The number of carbonyl (C=O) groups is 1. The molecular weight excluding hydrogens is 364 g/mol. The molecule has 0 bridgehead atoms. The van der Waals surface area contributed by atoms with Crippen LogP contribution < -0.4 is 5.32 Å². The molecule has 0 fully saturated rings. The van der Waals surface area contributed by atoms with Crippen LogP contribution in [0.25, 0.3) is 0 Å². The molecule has 7 heteroatoms. The molecule has 0 aliphatic carbocycles. The molecule has 1 aromatic heterocycles. The summed E-state index contributed by atoms with van der Waals surface area (Å²) in [6, 6.07) is 6.11. The molecule has 1 N–H and O–H groups in total. The lowest BCUT2D eigenvalue weighted by atomic mass is 10.3. The first kappa shape index (κ1) is 13.7. The number of nitrogens with one attached hydrogen (secondary N) is 1. The maximum Gasteiger partial charge on any atom is 0.291 e. The zero-order valence-electron chi connectivity index (χ0n) is 8.64. The van der Waals surface area contributed by atoms with Crippen molar-refractivity contribution in [2.24, 2.45) is 0 Å². The van der Waals surface area contributed by atoms with Crippen LogP contribution in [0.3, 0.4) is 0 Å². The SMILES string of the molecule is O=C(Nc1c(Cl)cc(Cl)cc1Cl)c1ccc(Br)o1. The van der Waals surface area contributed by atoms with Crippen LogP contribution in [0.15, 0.2) is 33.4 Å². The quantitative estimate of drug-likeness (QED) is 0.785. The van der Waals surface area contributed by atoms with Crippen molar-refractivity contribution in [2.75, 3.05) is 5.32 Å². The number of benzene rings is 1. The maximum absolute atomic E-state index is 11.8. The van der Waals surface area contributed by atoms with Gasteiger partial charge in [0, 0.05) is 5.02 Å². The van der Waals surface area contributed by atoms with E-state index in [0.717, 1.165) is 0 Å². The summed E-state index contributed by atoms with van der Waals surface area (Å²) in [5.74, 6) is -0.309. The Labute approximate surface area is 126 Å². The third kappa shape index (κ3) is 3.01. The van der Waals surface area contributed by atoms with E-state index in [9.17, 15) is 4.79 Å². The number of hydrogen-bond donors (Lipinski definition) is 1. The molecule has 0 aliphatic rings. The summed E-state index contributed by atoms with van der Waals surface area (Å²) in [6.45, 7) is 0. The number of furan rings is 1. The summed E-state index contributed by atoms with van der Waals surface area (Å²) in [5.41, 5.74) is 0.292. The van der Waals surface area contributed by atoms with Crippen LogP contribution in [0.1, 0.15) is 10.6 Å². The molecule has 1 heterocycles. The molecule has 0 radical (unpaired) electrons. The average Bonchev–Trinajstić information content (AvgIpc) is 2.70. The second-order valence-electron chi connectivity index (χ2n) is 3.30. The standard InChI is InChI=1S/C11H5BrCl3NO2/c12-9-2-1-8(18-9)11(17)16-10-6(14)3-5(13)4-7(10)15/h1-4H,(H,16,17). The van der Waals surface area contributed by atoms with Gasteiger partial charge >= 0.3 is 0 Å². The lowest BCUT2D eigenvalue weighted by molar-refractivity contribution is 0.0995. The van der Waals surface area contributed by atoms with Crippen molar-refractivity contribution >= 4 is 62.3 Å². The summed E-state index contributed by atoms with van der Waals surface area (Å²) >= 11 is 20.8. The van der Waals surface area contributed by atoms with Gasteiger partial charge in [-0.1, -0.05) is 34.8 Å². The topological polar surface area (TPSA) is 42.2 Å².